The fourth-order valence-electron chi connectivity index (χ4n) is 2.89. The molecule has 1 saturated heterocycles. The van der Waals surface area contributed by atoms with E-state index in [4.69, 9.17) is 9.47 Å². The Labute approximate surface area is 179 Å². The molecule has 0 radical (unpaired) electrons. The first-order valence-electron chi connectivity index (χ1n) is 8.62. The van der Waals surface area contributed by atoms with Crippen LogP contribution < -0.4 is 14.8 Å². The van der Waals surface area contributed by atoms with E-state index in [1.165, 1.54) is 0 Å². The van der Waals surface area contributed by atoms with Crippen LogP contribution in [0.4, 0.5) is 10.5 Å². The summed E-state index contributed by atoms with van der Waals surface area (Å²) in [6.07, 6.45) is 1.59. The van der Waals surface area contributed by atoms with Gasteiger partial charge < -0.3 is 14.8 Å². The Morgan fingerprint density at radius 1 is 1.24 bits per heavy atom. The highest BCUT2D eigenvalue weighted by Gasteiger charge is 2.36. The summed E-state index contributed by atoms with van der Waals surface area (Å²) in [5, 5.41) is 2.21. The van der Waals surface area contributed by atoms with Crippen LogP contribution in [0, 0.1) is 6.92 Å². The van der Waals surface area contributed by atoms with E-state index < -0.39 is 17.1 Å². The van der Waals surface area contributed by atoms with Crippen molar-refractivity contribution in [2.75, 3.05) is 18.7 Å². The molecule has 4 rings (SSSR count). The van der Waals surface area contributed by atoms with Gasteiger partial charge in [0.05, 0.1) is 4.91 Å². The molecule has 3 amide bonds. The maximum absolute atomic E-state index is 12.7. The summed E-state index contributed by atoms with van der Waals surface area (Å²) in [6.45, 7) is 1.70. The van der Waals surface area contributed by atoms with Gasteiger partial charge in [0.2, 0.25) is 12.7 Å². The fraction of sp³-hybridized carbons (Fsp3) is 0.150. The molecule has 1 N–H and O–H groups in total. The van der Waals surface area contributed by atoms with E-state index in [2.05, 4.69) is 21.2 Å². The van der Waals surface area contributed by atoms with Gasteiger partial charge in [-0.3, -0.25) is 19.3 Å². The molecule has 0 unspecified atom stereocenters. The SMILES string of the molecule is Cc1cccc(NC(=O)CN2C(=O)S/C(=C/c3cc4c(cc3Br)OCO4)C2=O)c1. The number of amides is 3. The van der Waals surface area contributed by atoms with Crippen LogP contribution in [0.25, 0.3) is 6.08 Å². The van der Waals surface area contributed by atoms with Crippen molar-refractivity contribution in [2.24, 2.45) is 0 Å². The summed E-state index contributed by atoms with van der Waals surface area (Å²) in [5.74, 6) is 0.221. The van der Waals surface area contributed by atoms with Crippen LogP contribution in [0.3, 0.4) is 0 Å². The molecule has 1 fully saturated rings. The Morgan fingerprint density at radius 2 is 2.00 bits per heavy atom. The van der Waals surface area contributed by atoms with Gasteiger partial charge in [-0.2, -0.15) is 0 Å². The minimum absolute atomic E-state index is 0.137. The molecule has 2 aliphatic heterocycles. The van der Waals surface area contributed by atoms with Crippen LogP contribution in [0.5, 0.6) is 11.5 Å². The number of hydrogen-bond donors (Lipinski definition) is 1. The summed E-state index contributed by atoms with van der Waals surface area (Å²) in [4.78, 5) is 38.4. The Bertz CT molecular complexity index is 1070. The Morgan fingerprint density at radius 3 is 2.76 bits per heavy atom. The molecule has 2 heterocycles. The molecule has 0 bridgehead atoms. The summed E-state index contributed by atoms with van der Waals surface area (Å²) in [5.41, 5.74) is 2.27. The molecule has 29 heavy (non-hydrogen) atoms. The summed E-state index contributed by atoms with van der Waals surface area (Å²) >= 11 is 4.22. The van der Waals surface area contributed by atoms with E-state index in [9.17, 15) is 14.4 Å². The third-order valence-corrected chi connectivity index (χ3v) is 5.85. The van der Waals surface area contributed by atoms with Crippen molar-refractivity contribution in [3.63, 3.8) is 0 Å². The lowest BCUT2D eigenvalue weighted by atomic mass is 10.2. The highest BCUT2D eigenvalue weighted by Crippen LogP contribution is 2.39. The molecule has 0 spiro atoms. The average molecular weight is 475 g/mol. The van der Waals surface area contributed by atoms with E-state index in [1.807, 2.05) is 25.1 Å². The number of ether oxygens (including phenoxy) is 2. The maximum atomic E-state index is 12.7. The van der Waals surface area contributed by atoms with E-state index >= 15 is 0 Å². The Hall–Kier alpha value is -2.78. The number of fused-ring (bicyclic) bond motifs is 1. The van der Waals surface area contributed by atoms with E-state index in [1.54, 1.807) is 24.3 Å². The largest absolute Gasteiger partial charge is 0.454 e. The predicted octanol–water partition coefficient (Wildman–Crippen LogP) is 4.16. The third kappa shape index (κ3) is 4.15. The Kier molecular flexibility index (Phi) is 5.33. The van der Waals surface area contributed by atoms with Crippen molar-refractivity contribution in [3.05, 3.63) is 56.9 Å². The van der Waals surface area contributed by atoms with Gasteiger partial charge in [0.25, 0.3) is 11.1 Å². The van der Waals surface area contributed by atoms with Crippen LogP contribution in [0.2, 0.25) is 0 Å². The lowest BCUT2D eigenvalue weighted by Gasteiger charge is -2.12. The van der Waals surface area contributed by atoms with Crippen molar-refractivity contribution in [2.45, 2.75) is 6.92 Å². The van der Waals surface area contributed by atoms with Crippen molar-refractivity contribution in [1.29, 1.82) is 0 Å². The molecule has 0 saturated carbocycles. The smallest absolute Gasteiger partial charge is 0.294 e. The second-order valence-corrected chi connectivity index (χ2v) is 8.26. The highest BCUT2D eigenvalue weighted by atomic mass is 79.9. The van der Waals surface area contributed by atoms with Crippen molar-refractivity contribution in [1.82, 2.24) is 4.90 Å². The summed E-state index contributed by atoms with van der Waals surface area (Å²) in [7, 11) is 0. The standard InChI is InChI=1S/C20H15BrN2O5S/c1-11-3-2-4-13(5-11)22-18(24)9-23-19(25)17(29-20(23)26)7-12-6-15-16(8-14(12)21)28-10-27-15/h2-8H,9-10H2,1H3,(H,22,24)/b17-7+. The number of nitrogens with one attached hydrogen (secondary N) is 1. The zero-order valence-electron chi connectivity index (χ0n) is 15.2. The lowest BCUT2D eigenvalue weighted by molar-refractivity contribution is -0.127. The number of hydrogen-bond acceptors (Lipinski definition) is 6. The molecule has 2 aromatic carbocycles. The first-order valence-corrected chi connectivity index (χ1v) is 10.2. The van der Waals surface area contributed by atoms with Crippen molar-refractivity contribution < 1.29 is 23.9 Å². The molecule has 9 heteroatoms. The van der Waals surface area contributed by atoms with Crippen molar-refractivity contribution >= 4 is 56.5 Å². The molecule has 0 aliphatic carbocycles. The summed E-state index contributed by atoms with van der Waals surface area (Å²) < 4.78 is 11.4. The monoisotopic (exact) mass is 474 g/mol. The van der Waals surface area contributed by atoms with E-state index in [0.717, 1.165) is 22.2 Å². The van der Waals surface area contributed by atoms with E-state index in [-0.39, 0.29) is 18.2 Å². The minimum Gasteiger partial charge on any atom is -0.454 e. The molecule has 148 valence electrons. The summed E-state index contributed by atoms with van der Waals surface area (Å²) in [6, 6.07) is 10.7. The zero-order valence-corrected chi connectivity index (χ0v) is 17.6. The number of benzene rings is 2. The van der Waals surface area contributed by atoms with Gasteiger partial charge >= 0.3 is 0 Å². The highest BCUT2D eigenvalue weighted by molar-refractivity contribution is 9.10. The minimum atomic E-state index is -0.510. The van der Waals surface area contributed by atoms with Crippen LogP contribution in [-0.2, 0) is 9.59 Å². The number of imide groups is 1. The maximum Gasteiger partial charge on any atom is 0.294 e. The first kappa shape index (κ1) is 19.5. The molecule has 0 atom stereocenters. The van der Waals surface area contributed by atoms with Gasteiger partial charge in [0, 0.05) is 10.2 Å². The number of nitrogens with zero attached hydrogens (tertiary/aromatic N) is 1. The number of rotatable bonds is 4. The number of carbonyl (C=O) groups excluding carboxylic acids is 3. The van der Waals surface area contributed by atoms with Gasteiger partial charge in [-0.1, -0.05) is 28.1 Å². The molecule has 0 aromatic heterocycles. The Balaban J connectivity index is 1.49. The van der Waals surface area contributed by atoms with E-state index in [0.29, 0.717) is 27.2 Å². The molecular formula is C20H15BrN2O5S. The number of halogens is 1. The fourth-order valence-corrected chi connectivity index (χ4v) is 4.15. The molecule has 2 aliphatic rings. The van der Waals surface area contributed by atoms with Crippen LogP contribution in [0.1, 0.15) is 11.1 Å². The van der Waals surface area contributed by atoms with Crippen LogP contribution in [-0.4, -0.2) is 35.3 Å². The van der Waals surface area contributed by atoms with Crippen molar-refractivity contribution in [3.8, 4) is 11.5 Å². The van der Waals surface area contributed by atoms with Gasteiger partial charge in [0.1, 0.15) is 6.54 Å². The number of thioether (sulfide) groups is 1. The first-order chi connectivity index (χ1) is 13.9. The van der Waals surface area contributed by atoms with Crippen LogP contribution >= 0.6 is 27.7 Å². The number of aryl methyl sites for hydroxylation is 1. The second kappa shape index (κ2) is 7.92. The number of carbonyl (C=O) groups is 3. The third-order valence-electron chi connectivity index (χ3n) is 4.26. The molecule has 2 aromatic rings. The predicted molar refractivity (Wildman–Crippen MR) is 113 cm³/mol. The van der Waals surface area contributed by atoms with Gasteiger partial charge in [-0.05, 0) is 60.2 Å². The van der Waals surface area contributed by atoms with Gasteiger partial charge in [-0.15, -0.1) is 0 Å². The van der Waals surface area contributed by atoms with Crippen LogP contribution in [0.15, 0.2) is 45.8 Å². The van der Waals surface area contributed by atoms with Gasteiger partial charge in [0.15, 0.2) is 11.5 Å². The second-order valence-electron chi connectivity index (χ2n) is 6.41. The lowest BCUT2D eigenvalue weighted by Crippen LogP contribution is -2.36. The molecular weight excluding hydrogens is 460 g/mol. The normalized spacial score (nSPS) is 16.6. The quantitative estimate of drug-likeness (QED) is 0.669. The topological polar surface area (TPSA) is 84.9 Å². The average Bonchev–Trinajstić information content (AvgIpc) is 3.21. The zero-order chi connectivity index (χ0) is 20.5. The number of anilines is 1. The van der Waals surface area contributed by atoms with Gasteiger partial charge in [-0.25, -0.2) is 0 Å². The molecule has 7 nitrogen and oxygen atoms in total.